The average molecular weight is 475 g/mol. The number of rotatable bonds is 11. The summed E-state index contributed by atoms with van der Waals surface area (Å²) in [5, 5.41) is 2.51. The normalized spacial score (nSPS) is 10.2. The molecular formula is C28H39LiN2O4-2. The third-order valence-corrected chi connectivity index (χ3v) is 4.78. The van der Waals surface area contributed by atoms with Gasteiger partial charge in [-0.25, -0.2) is 4.79 Å². The van der Waals surface area contributed by atoms with Crippen LogP contribution in [-0.4, -0.2) is 42.7 Å². The van der Waals surface area contributed by atoms with Crippen LogP contribution in [0.15, 0.2) is 48.5 Å². The van der Waals surface area contributed by atoms with Gasteiger partial charge in [-0.15, -0.1) is 30.9 Å². The van der Waals surface area contributed by atoms with Crippen molar-refractivity contribution in [1.29, 1.82) is 0 Å². The fourth-order valence-corrected chi connectivity index (χ4v) is 2.91. The van der Waals surface area contributed by atoms with Crippen molar-refractivity contribution in [3.8, 4) is 5.75 Å². The van der Waals surface area contributed by atoms with Gasteiger partial charge in [0.25, 0.3) is 0 Å². The van der Waals surface area contributed by atoms with Gasteiger partial charge in [-0.05, 0) is 64.2 Å². The van der Waals surface area contributed by atoms with E-state index in [1.165, 1.54) is 16.0 Å². The first-order valence-corrected chi connectivity index (χ1v) is 11.7. The minimum Gasteiger partial charge on any atom is -0.494 e. The number of carbonyl (C=O) groups excluding carboxylic acids is 2. The molecule has 2 aromatic carbocycles. The second-order valence-electron chi connectivity index (χ2n) is 8.70. The molecular weight excluding hydrogens is 435 g/mol. The van der Waals surface area contributed by atoms with Crippen molar-refractivity contribution in [2.45, 2.75) is 59.0 Å². The fourth-order valence-electron chi connectivity index (χ4n) is 2.91. The Hall–Kier alpha value is -2.42. The van der Waals surface area contributed by atoms with Crippen molar-refractivity contribution >= 4 is 18.2 Å². The largest absolute Gasteiger partial charge is 1.00 e. The number of nitrogens with one attached hydrogen (secondary N) is 1. The maximum absolute atomic E-state index is 11.2. The van der Waals surface area contributed by atoms with E-state index in [4.69, 9.17) is 9.47 Å². The molecule has 1 N–H and O–H groups in total. The molecule has 2 amide bonds. The Morgan fingerprint density at radius 2 is 1.69 bits per heavy atom. The zero-order valence-corrected chi connectivity index (χ0v) is 22.1. The molecule has 0 bridgehead atoms. The van der Waals surface area contributed by atoms with E-state index in [0.29, 0.717) is 13.1 Å². The molecule has 0 atom stereocenters. The van der Waals surface area contributed by atoms with Crippen LogP contribution >= 0.6 is 0 Å². The van der Waals surface area contributed by atoms with Crippen LogP contribution in [0.4, 0.5) is 10.5 Å². The van der Waals surface area contributed by atoms with Crippen molar-refractivity contribution in [2.75, 3.05) is 25.0 Å². The van der Waals surface area contributed by atoms with Crippen LogP contribution in [0.2, 0.25) is 0 Å². The second-order valence-corrected chi connectivity index (χ2v) is 8.70. The van der Waals surface area contributed by atoms with Crippen LogP contribution in [0.25, 0.3) is 0 Å². The third-order valence-electron chi connectivity index (χ3n) is 4.78. The number of hydrogen-bond donors (Lipinski definition) is 1. The Bertz CT molecular complexity index is 847. The molecule has 0 saturated carbocycles. The van der Waals surface area contributed by atoms with E-state index in [2.05, 4.69) is 38.2 Å². The number of amides is 2. The monoisotopic (exact) mass is 474 g/mol. The summed E-state index contributed by atoms with van der Waals surface area (Å²) in [5.41, 5.74) is 2.90. The summed E-state index contributed by atoms with van der Waals surface area (Å²) < 4.78 is 10.9. The van der Waals surface area contributed by atoms with E-state index in [-0.39, 0.29) is 25.0 Å². The zero-order valence-electron chi connectivity index (χ0n) is 22.1. The van der Waals surface area contributed by atoms with Gasteiger partial charge in [0, 0.05) is 0 Å². The number of benzene rings is 2. The standard InChI is InChI=1S/C19H22NO2.C9H17NO2.Li/c1-2-16-7-5-8-19(14-16)22-13-4-3-6-17-9-11-18(12-10-17)20-15-21;1-6-10(7-2)8(11)12-9(3,4)5;/h5,7-12,14H,2-4,6,13H2,1H3,(H,20,21);1-2,6-7H2,3-5H3;/q-1;-2;+1. The van der Waals surface area contributed by atoms with Crippen molar-refractivity contribution in [1.82, 2.24) is 4.90 Å². The Kier molecular flexibility index (Phi) is 16.7. The summed E-state index contributed by atoms with van der Waals surface area (Å²) in [6.07, 6.45) is 5.47. The minimum atomic E-state index is -0.445. The summed E-state index contributed by atoms with van der Waals surface area (Å²) >= 11 is 0. The molecule has 0 aromatic heterocycles. The van der Waals surface area contributed by atoms with E-state index in [0.717, 1.165) is 43.7 Å². The van der Waals surface area contributed by atoms with E-state index in [1.807, 2.05) is 57.2 Å². The smallest absolute Gasteiger partial charge is 0.494 e. The molecule has 2 aromatic rings. The van der Waals surface area contributed by atoms with Gasteiger partial charge in [0.15, 0.2) is 0 Å². The van der Waals surface area contributed by atoms with Gasteiger partial charge in [-0.3, -0.25) is 0 Å². The van der Waals surface area contributed by atoms with Gasteiger partial charge in [-0.2, -0.15) is 0 Å². The topological polar surface area (TPSA) is 67.9 Å². The molecule has 35 heavy (non-hydrogen) atoms. The Balaban J connectivity index is 0.000000764. The quantitative estimate of drug-likeness (QED) is 0.235. The first-order valence-electron chi connectivity index (χ1n) is 11.7. The van der Waals surface area contributed by atoms with Gasteiger partial charge in [0.2, 0.25) is 0 Å². The molecule has 0 aliphatic heterocycles. The maximum Gasteiger partial charge on any atom is 1.00 e. The fraction of sp³-hybridized carbons (Fsp3) is 0.429. The van der Waals surface area contributed by atoms with Crippen LogP contribution in [0, 0.1) is 13.8 Å². The van der Waals surface area contributed by atoms with Crippen molar-refractivity contribution in [3.05, 3.63) is 73.5 Å². The number of ether oxygens (including phenoxy) is 2. The van der Waals surface area contributed by atoms with Gasteiger partial charge < -0.3 is 38.3 Å². The summed E-state index contributed by atoms with van der Waals surface area (Å²) in [5.74, 6) is 0.958. The second kappa shape index (κ2) is 17.9. The molecule has 0 aliphatic rings. The van der Waals surface area contributed by atoms with Crippen LogP contribution in [0.3, 0.4) is 0 Å². The van der Waals surface area contributed by atoms with Gasteiger partial charge in [0.1, 0.15) is 11.4 Å². The van der Waals surface area contributed by atoms with Gasteiger partial charge >= 0.3 is 25.0 Å². The number of hydrogen-bond acceptors (Lipinski definition) is 4. The molecule has 7 heteroatoms. The van der Waals surface area contributed by atoms with Gasteiger partial charge in [0.05, 0.1) is 13.0 Å². The van der Waals surface area contributed by atoms with Crippen LogP contribution in [-0.2, 0) is 22.4 Å². The molecule has 0 radical (unpaired) electrons. The summed E-state index contributed by atoms with van der Waals surface area (Å²) in [7, 11) is 0. The summed E-state index contributed by atoms with van der Waals surface area (Å²) in [6, 6.07) is 16.1. The molecule has 188 valence electrons. The molecule has 0 fully saturated rings. The van der Waals surface area contributed by atoms with Crippen molar-refractivity contribution < 1.29 is 37.9 Å². The van der Waals surface area contributed by atoms with E-state index < -0.39 is 5.60 Å². The summed E-state index contributed by atoms with van der Waals surface area (Å²) in [6.45, 7) is 16.3. The number of nitrogens with zero attached hydrogens (tertiary/aromatic N) is 1. The van der Waals surface area contributed by atoms with E-state index in [9.17, 15) is 9.59 Å². The third kappa shape index (κ3) is 14.5. The Morgan fingerprint density at radius 3 is 2.23 bits per heavy atom. The molecule has 0 spiro atoms. The van der Waals surface area contributed by atoms with Gasteiger partial charge in [-0.1, -0.05) is 36.8 Å². The molecule has 0 aliphatic carbocycles. The SMILES string of the molecule is CCc1cccc(OCCCCc2ccc(N[C-]=O)cc2)c1.[CH2-]CN(C[CH2-])C(=O)OC(C)(C)C.[Li+]. The predicted octanol–water partition coefficient (Wildman–Crippen LogP) is 3.03. The van der Waals surface area contributed by atoms with E-state index >= 15 is 0 Å². The van der Waals surface area contributed by atoms with E-state index in [1.54, 1.807) is 6.41 Å². The predicted molar refractivity (Wildman–Crippen MR) is 139 cm³/mol. The first kappa shape index (κ1) is 32.6. The molecule has 2 rings (SSSR count). The van der Waals surface area contributed by atoms with Crippen molar-refractivity contribution in [2.24, 2.45) is 0 Å². The first-order chi connectivity index (χ1) is 16.2. The maximum atomic E-state index is 11.2. The minimum absolute atomic E-state index is 0. The molecule has 0 heterocycles. The molecule has 6 nitrogen and oxygen atoms in total. The summed E-state index contributed by atoms with van der Waals surface area (Å²) in [4.78, 5) is 22.9. The Labute approximate surface area is 223 Å². The number of aryl methyl sites for hydroxylation is 2. The number of carbonyl (C=O) groups is 1. The Morgan fingerprint density at radius 1 is 1.03 bits per heavy atom. The average Bonchev–Trinajstić information content (AvgIpc) is 2.80. The van der Waals surface area contributed by atoms with Crippen LogP contribution < -0.4 is 28.9 Å². The number of anilines is 1. The van der Waals surface area contributed by atoms with Crippen LogP contribution in [0.5, 0.6) is 5.75 Å². The molecule has 0 unspecified atom stereocenters. The molecule has 0 saturated heterocycles. The van der Waals surface area contributed by atoms with Crippen molar-refractivity contribution in [3.63, 3.8) is 0 Å². The number of unbranched alkanes of at least 4 members (excludes halogenated alkanes) is 1. The van der Waals surface area contributed by atoms with Crippen LogP contribution in [0.1, 0.15) is 51.7 Å². The zero-order chi connectivity index (χ0) is 25.4.